The van der Waals surface area contributed by atoms with Crippen LogP contribution in [-0.4, -0.2) is 17.7 Å². The van der Waals surface area contributed by atoms with Gasteiger partial charge in [0.15, 0.2) is 0 Å². The van der Waals surface area contributed by atoms with E-state index in [1.54, 1.807) is 0 Å². The molecule has 2 atom stereocenters. The fourth-order valence-electron chi connectivity index (χ4n) is 1.34. The Kier molecular flexibility index (Phi) is 1.96. The van der Waals surface area contributed by atoms with Crippen LogP contribution >= 0.6 is 0 Å². The second-order valence-corrected chi connectivity index (χ2v) is 3.30. The van der Waals surface area contributed by atoms with Crippen molar-refractivity contribution in [1.29, 1.82) is 0 Å². The quantitative estimate of drug-likeness (QED) is 0.308. The molecular formula is C6H16N4. The molecule has 1 aliphatic rings. The third-order valence-corrected chi connectivity index (χ3v) is 2.11. The lowest BCUT2D eigenvalue weighted by atomic mass is 9.84. The van der Waals surface area contributed by atoms with E-state index in [-0.39, 0.29) is 12.1 Å². The summed E-state index contributed by atoms with van der Waals surface area (Å²) in [4.78, 5) is 0. The average Bonchev–Trinajstić information content (AvgIpc) is 1.79. The van der Waals surface area contributed by atoms with Gasteiger partial charge in [0.1, 0.15) is 0 Å². The smallest absolute Gasteiger partial charge is 0.0652 e. The lowest BCUT2D eigenvalue weighted by Crippen LogP contribution is -2.60. The fourth-order valence-corrected chi connectivity index (χ4v) is 1.34. The van der Waals surface area contributed by atoms with Crippen LogP contribution in [0.1, 0.15) is 19.3 Å². The van der Waals surface area contributed by atoms with Crippen LogP contribution in [0.2, 0.25) is 0 Å². The molecule has 0 radical (unpaired) electrons. The Balaban J connectivity index is 2.49. The molecule has 1 aliphatic carbocycles. The zero-order valence-corrected chi connectivity index (χ0v) is 6.09. The average molecular weight is 144 g/mol. The maximum absolute atomic E-state index is 5.67. The van der Waals surface area contributed by atoms with E-state index in [9.17, 15) is 0 Å². The number of rotatable bonds is 0. The summed E-state index contributed by atoms with van der Waals surface area (Å²) in [5.74, 6) is 0. The maximum Gasteiger partial charge on any atom is 0.0652 e. The first kappa shape index (κ1) is 7.94. The normalized spacial score (nSPS) is 39.6. The highest BCUT2D eigenvalue weighted by atomic mass is 15.0. The van der Waals surface area contributed by atoms with Gasteiger partial charge in [0.2, 0.25) is 0 Å². The molecule has 60 valence electrons. The summed E-state index contributed by atoms with van der Waals surface area (Å²) in [5.41, 5.74) is 22.1. The molecule has 4 nitrogen and oxygen atoms in total. The first-order chi connectivity index (χ1) is 4.51. The van der Waals surface area contributed by atoms with Crippen molar-refractivity contribution >= 4 is 0 Å². The number of nitrogens with two attached hydrogens (primary N) is 4. The molecule has 0 heterocycles. The van der Waals surface area contributed by atoms with E-state index in [1.165, 1.54) is 0 Å². The van der Waals surface area contributed by atoms with E-state index in [2.05, 4.69) is 0 Å². The van der Waals surface area contributed by atoms with E-state index < -0.39 is 5.66 Å². The summed E-state index contributed by atoms with van der Waals surface area (Å²) in [6, 6.07) is 0.0592. The third kappa shape index (κ3) is 1.67. The van der Waals surface area contributed by atoms with Gasteiger partial charge in [-0.25, -0.2) is 0 Å². The van der Waals surface area contributed by atoms with Crippen molar-refractivity contribution in [3.8, 4) is 0 Å². The van der Waals surface area contributed by atoms with E-state index >= 15 is 0 Å². The van der Waals surface area contributed by atoms with Crippen LogP contribution in [0.5, 0.6) is 0 Å². The molecular weight excluding hydrogens is 128 g/mol. The zero-order chi connectivity index (χ0) is 7.78. The predicted octanol–water partition coefficient (Wildman–Crippen LogP) is -1.56. The van der Waals surface area contributed by atoms with Crippen LogP contribution in [0.3, 0.4) is 0 Å². The second-order valence-electron chi connectivity index (χ2n) is 3.30. The van der Waals surface area contributed by atoms with Gasteiger partial charge < -0.3 is 22.9 Å². The first-order valence-corrected chi connectivity index (χ1v) is 3.60. The largest absolute Gasteiger partial charge is 0.326 e. The second kappa shape index (κ2) is 2.47. The number of hydrogen-bond donors (Lipinski definition) is 4. The molecule has 0 aromatic rings. The number of hydrogen-bond acceptors (Lipinski definition) is 4. The Morgan fingerprint density at radius 2 is 1.70 bits per heavy atom. The minimum absolute atomic E-state index is 0.0243. The van der Waals surface area contributed by atoms with Gasteiger partial charge in [0.25, 0.3) is 0 Å². The molecule has 0 amide bonds. The Labute approximate surface area is 60.9 Å². The monoisotopic (exact) mass is 144 g/mol. The fraction of sp³-hybridized carbons (Fsp3) is 1.00. The molecule has 0 aliphatic heterocycles. The van der Waals surface area contributed by atoms with E-state index in [1.807, 2.05) is 0 Å². The highest BCUT2D eigenvalue weighted by molar-refractivity contribution is 4.93. The maximum atomic E-state index is 5.67. The molecule has 2 unspecified atom stereocenters. The Morgan fingerprint density at radius 3 is 2.10 bits per heavy atom. The van der Waals surface area contributed by atoms with Crippen molar-refractivity contribution in [2.45, 2.75) is 37.0 Å². The molecule has 0 spiro atoms. The van der Waals surface area contributed by atoms with Crippen molar-refractivity contribution in [3.05, 3.63) is 0 Å². The van der Waals surface area contributed by atoms with Crippen LogP contribution in [0.4, 0.5) is 0 Å². The molecule has 1 saturated carbocycles. The third-order valence-electron chi connectivity index (χ3n) is 2.11. The van der Waals surface area contributed by atoms with Crippen LogP contribution in [-0.2, 0) is 0 Å². The molecule has 0 saturated heterocycles. The Morgan fingerprint density at radius 1 is 1.10 bits per heavy atom. The summed E-state index contributed by atoms with van der Waals surface area (Å²) in [6.07, 6.45) is 2.25. The lowest BCUT2D eigenvalue weighted by molar-refractivity contribution is 0.251. The molecule has 1 fully saturated rings. The van der Waals surface area contributed by atoms with Crippen molar-refractivity contribution < 1.29 is 0 Å². The van der Waals surface area contributed by atoms with Crippen molar-refractivity contribution in [2.24, 2.45) is 22.9 Å². The summed E-state index contributed by atoms with van der Waals surface area (Å²) in [5, 5.41) is 0. The topological polar surface area (TPSA) is 104 Å². The first-order valence-electron chi connectivity index (χ1n) is 3.60. The molecule has 1 rings (SSSR count). The van der Waals surface area contributed by atoms with Crippen LogP contribution in [0.15, 0.2) is 0 Å². The van der Waals surface area contributed by atoms with Gasteiger partial charge in [-0.2, -0.15) is 0 Å². The van der Waals surface area contributed by atoms with Crippen molar-refractivity contribution in [2.75, 3.05) is 0 Å². The molecule has 8 N–H and O–H groups in total. The highest BCUT2D eigenvalue weighted by Gasteiger charge is 2.31. The van der Waals surface area contributed by atoms with Gasteiger partial charge in [-0.05, 0) is 19.3 Å². The van der Waals surface area contributed by atoms with Gasteiger partial charge in [-0.3, -0.25) is 0 Å². The van der Waals surface area contributed by atoms with E-state index in [0.29, 0.717) is 6.42 Å². The molecule has 0 aromatic heterocycles. The molecule has 0 bridgehead atoms. The SMILES string of the molecule is NC1CCC(N)(N)CC1N. The predicted molar refractivity (Wildman–Crippen MR) is 40.9 cm³/mol. The molecule has 4 heteroatoms. The lowest BCUT2D eigenvalue weighted by Gasteiger charge is -2.36. The standard InChI is InChI=1S/C6H16N4/c7-4-1-2-6(9,10)3-5(4)8/h4-5H,1-3,7-10H2. The van der Waals surface area contributed by atoms with Crippen molar-refractivity contribution in [1.82, 2.24) is 0 Å². The minimum atomic E-state index is -0.574. The van der Waals surface area contributed by atoms with Gasteiger partial charge in [-0.15, -0.1) is 0 Å². The minimum Gasteiger partial charge on any atom is -0.326 e. The van der Waals surface area contributed by atoms with E-state index in [0.717, 1.165) is 12.8 Å². The Hall–Kier alpha value is -0.160. The summed E-state index contributed by atoms with van der Waals surface area (Å²) in [6.45, 7) is 0. The zero-order valence-electron chi connectivity index (χ0n) is 6.09. The van der Waals surface area contributed by atoms with Gasteiger partial charge in [0, 0.05) is 12.1 Å². The summed E-state index contributed by atoms with van der Waals surface area (Å²) >= 11 is 0. The van der Waals surface area contributed by atoms with Crippen molar-refractivity contribution in [3.63, 3.8) is 0 Å². The summed E-state index contributed by atoms with van der Waals surface area (Å²) < 4.78 is 0. The molecule has 10 heavy (non-hydrogen) atoms. The van der Waals surface area contributed by atoms with E-state index in [4.69, 9.17) is 22.9 Å². The van der Waals surface area contributed by atoms with Gasteiger partial charge in [-0.1, -0.05) is 0 Å². The van der Waals surface area contributed by atoms with Crippen LogP contribution in [0.25, 0.3) is 0 Å². The molecule has 0 aromatic carbocycles. The highest BCUT2D eigenvalue weighted by Crippen LogP contribution is 2.19. The van der Waals surface area contributed by atoms with Gasteiger partial charge in [0.05, 0.1) is 5.66 Å². The van der Waals surface area contributed by atoms with Crippen LogP contribution in [0, 0.1) is 0 Å². The van der Waals surface area contributed by atoms with Gasteiger partial charge >= 0.3 is 0 Å². The summed E-state index contributed by atoms with van der Waals surface area (Å²) in [7, 11) is 0. The Bertz CT molecular complexity index is 123. The van der Waals surface area contributed by atoms with Crippen LogP contribution < -0.4 is 22.9 Å².